The molecule has 0 radical (unpaired) electrons. The SMILES string of the molecule is CC(C)OC(=O)N1CCC([C@H](C)CCOc2cnc(N3C[C@H](c4cc(F)ccc4F)[C@@H](C(=O)OC(C)(C)C)C3N)nc2)CC1. The van der Waals surface area contributed by atoms with Crippen LogP contribution in [0.3, 0.4) is 0 Å². The predicted octanol–water partition coefficient (Wildman–Crippen LogP) is 5.26. The zero-order valence-corrected chi connectivity index (χ0v) is 26.5. The van der Waals surface area contributed by atoms with Gasteiger partial charge in [0.25, 0.3) is 0 Å². The van der Waals surface area contributed by atoms with Crippen molar-refractivity contribution in [1.29, 1.82) is 0 Å². The van der Waals surface area contributed by atoms with Crippen LogP contribution in [0.15, 0.2) is 30.6 Å². The maximum absolute atomic E-state index is 14.8. The van der Waals surface area contributed by atoms with Gasteiger partial charge in [-0.05, 0) is 89.5 Å². The van der Waals surface area contributed by atoms with Crippen molar-refractivity contribution in [3.8, 4) is 5.75 Å². The Kier molecular flexibility index (Phi) is 10.6. The molecule has 3 heterocycles. The van der Waals surface area contributed by atoms with E-state index in [1.165, 1.54) is 12.4 Å². The summed E-state index contributed by atoms with van der Waals surface area (Å²) < 4.78 is 45.8. The summed E-state index contributed by atoms with van der Waals surface area (Å²) in [5, 5.41) is 0. The molecular weight excluding hydrogens is 572 g/mol. The van der Waals surface area contributed by atoms with Crippen molar-refractivity contribution in [1.82, 2.24) is 14.9 Å². The maximum atomic E-state index is 14.8. The highest BCUT2D eigenvalue weighted by Crippen LogP contribution is 2.40. The fraction of sp³-hybridized carbons (Fsp3) is 0.625. The Bertz CT molecular complexity index is 1280. The molecule has 0 bridgehead atoms. The van der Waals surface area contributed by atoms with E-state index in [0.717, 1.165) is 37.5 Å². The third-order valence-electron chi connectivity index (χ3n) is 8.24. The zero-order valence-electron chi connectivity index (χ0n) is 26.5. The molecule has 0 spiro atoms. The third-order valence-corrected chi connectivity index (χ3v) is 8.24. The standard InChI is InChI=1S/C32H45F2N5O5/c1-19(2)43-31(41)38-12-9-21(10-13-38)20(3)11-14-42-23-16-36-30(37-17-23)39-18-25(24-15-22(33)7-8-26(24)34)27(28(39)35)29(40)44-32(4,5)6/h7-8,15-17,19-21,25,27-28H,9-14,18,35H2,1-6H3/t20-,25-,27-,28?/m1/s1. The van der Waals surface area contributed by atoms with Crippen LogP contribution in [0.25, 0.3) is 0 Å². The largest absolute Gasteiger partial charge is 0.490 e. The van der Waals surface area contributed by atoms with Crippen molar-refractivity contribution in [3.63, 3.8) is 0 Å². The molecule has 1 amide bonds. The van der Waals surface area contributed by atoms with Gasteiger partial charge in [0.2, 0.25) is 5.95 Å². The van der Waals surface area contributed by atoms with Crippen LogP contribution in [-0.4, -0.2) is 71.0 Å². The minimum absolute atomic E-state index is 0.0500. The van der Waals surface area contributed by atoms with Crippen LogP contribution in [-0.2, 0) is 14.3 Å². The van der Waals surface area contributed by atoms with E-state index < -0.39 is 41.2 Å². The monoisotopic (exact) mass is 617 g/mol. The molecular formula is C32H45F2N5O5. The van der Waals surface area contributed by atoms with Crippen molar-refractivity contribution in [2.24, 2.45) is 23.5 Å². The highest BCUT2D eigenvalue weighted by atomic mass is 19.1. The molecule has 2 aromatic rings. The summed E-state index contributed by atoms with van der Waals surface area (Å²) in [5.41, 5.74) is 5.79. The Morgan fingerprint density at radius 1 is 1.09 bits per heavy atom. The van der Waals surface area contributed by atoms with Gasteiger partial charge in [0, 0.05) is 25.6 Å². The quantitative estimate of drug-likeness (QED) is 0.376. The van der Waals surface area contributed by atoms with E-state index in [-0.39, 0.29) is 30.3 Å². The first-order valence-corrected chi connectivity index (χ1v) is 15.3. The van der Waals surface area contributed by atoms with Gasteiger partial charge in [-0.15, -0.1) is 0 Å². The summed E-state index contributed by atoms with van der Waals surface area (Å²) in [6.07, 6.45) is 4.46. The van der Waals surface area contributed by atoms with Crippen LogP contribution in [0, 0.1) is 29.4 Å². The topological polar surface area (TPSA) is 120 Å². The number of piperidine rings is 1. The average Bonchev–Trinajstić information content (AvgIpc) is 3.30. The molecule has 1 aromatic carbocycles. The molecule has 44 heavy (non-hydrogen) atoms. The molecule has 2 aliphatic rings. The number of halogens is 2. The highest BCUT2D eigenvalue weighted by molar-refractivity contribution is 5.77. The predicted molar refractivity (Wildman–Crippen MR) is 161 cm³/mol. The lowest BCUT2D eigenvalue weighted by Gasteiger charge is -2.34. The minimum atomic E-state index is -0.973. The van der Waals surface area contributed by atoms with Crippen LogP contribution in [0.2, 0.25) is 0 Å². The second-order valence-electron chi connectivity index (χ2n) is 13.1. The van der Waals surface area contributed by atoms with Gasteiger partial charge < -0.3 is 29.7 Å². The van der Waals surface area contributed by atoms with Crippen LogP contribution in [0.4, 0.5) is 19.5 Å². The summed E-state index contributed by atoms with van der Waals surface area (Å²) in [6.45, 7) is 13.1. The molecule has 4 atom stereocenters. The normalized spacial score (nSPS) is 21.8. The first kappa shape index (κ1) is 33.4. The molecule has 0 aliphatic carbocycles. The number of likely N-dealkylation sites (tertiary alicyclic amines) is 1. The number of hydrogen-bond acceptors (Lipinski definition) is 9. The maximum Gasteiger partial charge on any atom is 0.410 e. The number of nitrogens with zero attached hydrogens (tertiary/aromatic N) is 4. The van der Waals surface area contributed by atoms with Crippen molar-refractivity contribution in [3.05, 3.63) is 47.8 Å². The van der Waals surface area contributed by atoms with Gasteiger partial charge in [-0.2, -0.15) is 0 Å². The fourth-order valence-electron chi connectivity index (χ4n) is 5.92. The molecule has 1 unspecified atom stereocenters. The Balaban J connectivity index is 1.35. The third kappa shape index (κ3) is 8.34. The number of anilines is 1. The number of hydrogen-bond donors (Lipinski definition) is 1. The Labute approximate surface area is 258 Å². The molecule has 0 saturated carbocycles. The minimum Gasteiger partial charge on any atom is -0.490 e. The van der Waals surface area contributed by atoms with Crippen molar-refractivity contribution < 1.29 is 32.6 Å². The lowest BCUT2D eigenvalue weighted by atomic mass is 9.84. The van der Waals surface area contributed by atoms with Crippen molar-refractivity contribution >= 4 is 18.0 Å². The molecule has 2 N–H and O–H groups in total. The number of esters is 1. The van der Waals surface area contributed by atoms with Crippen LogP contribution in [0.5, 0.6) is 5.75 Å². The number of nitrogens with two attached hydrogens (primary N) is 1. The number of aromatic nitrogens is 2. The van der Waals surface area contributed by atoms with E-state index in [1.54, 1.807) is 30.6 Å². The van der Waals surface area contributed by atoms with Gasteiger partial charge in [-0.25, -0.2) is 23.5 Å². The number of amides is 1. The number of carbonyl (C=O) groups is 2. The number of benzene rings is 1. The van der Waals surface area contributed by atoms with Crippen LogP contribution in [0.1, 0.15) is 72.3 Å². The van der Waals surface area contributed by atoms with Gasteiger partial charge >= 0.3 is 12.1 Å². The molecule has 2 fully saturated rings. The number of ether oxygens (including phenoxy) is 3. The summed E-state index contributed by atoms with van der Waals surface area (Å²) in [6, 6.07) is 3.17. The molecule has 242 valence electrons. The first-order valence-electron chi connectivity index (χ1n) is 15.3. The lowest BCUT2D eigenvalue weighted by Crippen LogP contribution is -2.45. The van der Waals surface area contributed by atoms with Gasteiger partial charge in [0.1, 0.15) is 17.2 Å². The van der Waals surface area contributed by atoms with Gasteiger partial charge in [0.05, 0.1) is 37.2 Å². The Hall–Kier alpha value is -3.54. The Morgan fingerprint density at radius 3 is 2.36 bits per heavy atom. The van der Waals surface area contributed by atoms with Gasteiger partial charge in [-0.3, -0.25) is 4.79 Å². The zero-order chi connectivity index (χ0) is 32.2. The van der Waals surface area contributed by atoms with E-state index >= 15 is 0 Å². The second-order valence-corrected chi connectivity index (χ2v) is 13.1. The molecule has 12 heteroatoms. The van der Waals surface area contributed by atoms with E-state index in [2.05, 4.69) is 16.9 Å². The highest BCUT2D eigenvalue weighted by Gasteiger charge is 2.48. The van der Waals surface area contributed by atoms with E-state index in [0.29, 0.717) is 37.3 Å². The van der Waals surface area contributed by atoms with Gasteiger partial charge in [0.15, 0.2) is 5.75 Å². The lowest BCUT2D eigenvalue weighted by molar-refractivity contribution is -0.160. The summed E-state index contributed by atoms with van der Waals surface area (Å²) in [5.74, 6) is -1.96. The molecule has 4 rings (SSSR count). The fourth-order valence-corrected chi connectivity index (χ4v) is 5.92. The van der Waals surface area contributed by atoms with E-state index in [4.69, 9.17) is 19.9 Å². The smallest absolute Gasteiger partial charge is 0.410 e. The number of rotatable bonds is 9. The van der Waals surface area contributed by atoms with Crippen LogP contribution >= 0.6 is 0 Å². The van der Waals surface area contributed by atoms with Crippen molar-refractivity contribution in [2.75, 3.05) is 31.1 Å². The number of carbonyl (C=O) groups excluding carboxylic acids is 2. The molecule has 2 aliphatic heterocycles. The van der Waals surface area contributed by atoms with Crippen molar-refractivity contribution in [2.45, 2.75) is 84.6 Å². The second kappa shape index (κ2) is 14.0. The summed E-state index contributed by atoms with van der Waals surface area (Å²) >= 11 is 0. The molecule has 10 nitrogen and oxygen atoms in total. The van der Waals surface area contributed by atoms with Gasteiger partial charge in [-0.1, -0.05) is 6.92 Å². The van der Waals surface area contributed by atoms with E-state index in [1.807, 2.05) is 13.8 Å². The first-order chi connectivity index (χ1) is 20.7. The summed E-state index contributed by atoms with van der Waals surface area (Å²) in [4.78, 5) is 37.6. The average molecular weight is 618 g/mol. The molecule has 2 saturated heterocycles. The van der Waals surface area contributed by atoms with E-state index in [9.17, 15) is 18.4 Å². The summed E-state index contributed by atoms with van der Waals surface area (Å²) in [7, 11) is 0. The Morgan fingerprint density at radius 2 is 1.75 bits per heavy atom. The molecule has 1 aromatic heterocycles. The van der Waals surface area contributed by atoms with Crippen LogP contribution < -0.4 is 15.4 Å².